The van der Waals surface area contributed by atoms with Crippen molar-refractivity contribution in [1.82, 2.24) is 25.1 Å². The van der Waals surface area contributed by atoms with Crippen LogP contribution < -0.4 is 5.32 Å². The fourth-order valence-corrected chi connectivity index (χ4v) is 1.83. The van der Waals surface area contributed by atoms with Gasteiger partial charge < -0.3 is 5.32 Å². The SMILES string of the molecule is CNCc1cncc(-n2ccc(C3CC3)n2)n1. The second-order valence-corrected chi connectivity index (χ2v) is 4.36. The molecule has 0 atom stereocenters. The van der Waals surface area contributed by atoms with Crippen LogP contribution in [0.15, 0.2) is 24.7 Å². The van der Waals surface area contributed by atoms with Gasteiger partial charge in [0.1, 0.15) is 0 Å². The summed E-state index contributed by atoms with van der Waals surface area (Å²) in [6.07, 6.45) is 8.00. The van der Waals surface area contributed by atoms with Crippen LogP contribution in [0.3, 0.4) is 0 Å². The van der Waals surface area contributed by atoms with Gasteiger partial charge in [0.25, 0.3) is 0 Å². The molecule has 0 radical (unpaired) electrons. The van der Waals surface area contributed by atoms with Crippen LogP contribution in [0.2, 0.25) is 0 Å². The first-order valence-electron chi connectivity index (χ1n) is 5.88. The summed E-state index contributed by atoms with van der Waals surface area (Å²) in [5.74, 6) is 1.45. The Balaban J connectivity index is 1.88. The van der Waals surface area contributed by atoms with Crippen LogP contribution in [0.1, 0.15) is 30.1 Å². The quantitative estimate of drug-likeness (QED) is 0.857. The van der Waals surface area contributed by atoms with Crippen LogP contribution in [0.25, 0.3) is 5.82 Å². The van der Waals surface area contributed by atoms with Gasteiger partial charge in [-0.1, -0.05) is 0 Å². The molecule has 1 aliphatic rings. The van der Waals surface area contributed by atoms with Crippen molar-refractivity contribution in [1.29, 1.82) is 0 Å². The molecule has 1 N–H and O–H groups in total. The number of nitrogens with one attached hydrogen (secondary N) is 1. The zero-order valence-electron chi connectivity index (χ0n) is 9.80. The summed E-state index contributed by atoms with van der Waals surface area (Å²) in [4.78, 5) is 8.69. The Morgan fingerprint density at radius 3 is 3.06 bits per heavy atom. The molecular weight excluding hydrogens is 214 g/mol. The Kier molecular flexibility index (Phi) is 2.60. The van der Waals surface area contributed by atoms with E-state index in [0.717, 1.165) is 18.1 Å². The van der Waals surface area contributed by atoms with Gasteiger partial charge in [-0.2, -0.15) is 5.10 Å². The van der Waals surface area contributed by atoms with E-state index in [1.807, 2.05) is 13.2 Å². The van der Waals surface area contributed by atoms with Gasteiger partial charge in [0.15, 0.2) is 5.82 Å². The highest BCUT2D eigenvalue weighted by Crippen LogP contribution is 2.38. The molecule has 1 fully saturated rings. The van der Waals surface area contributed by atoms with Gasteiger partial charge in [0.05, 0.1) is 17.6 Å². The van der Waals surface area contributed by atoms with Crippen LogP contribution in [0.5, 0.6) is 0 Å². The lowest BCUT2D eigenvalue weighted by Gasteiger charge is -2.03. The molecule has 5 heteroatoms. The molecule has 5 nitrogen and oxygen atoms in total. The fourth-order valence-electron chi connectivity index (χ4n) is 1.83. The first kappa shape index (κ1) is 10.4. The minimum absolute atomic E-state index is 0.671. The predicted molar refractivity (Wildman–Crippen MR) is 63.9 cm³/mol. The number of nitrogens with zero attached hydrogens (tertiary/aromatic N) is 4. The lowest BCUT2D eigenvalue weighted by Crippen LogP contribution is -2.09. The highest BCUT2D eigenvalue weighted by atomic mass is 15.3. The summed E-state index contributed by atoms with van der Waals surface area (Å²) in [7, 11) is 1.90. The fraction of sp³-hybridized carbons (Fsp3) is 0.417. The molecule has 0 spiro atoms. The van der Waals surface area contributed by atoms with E-state index >= 15 is 0 Å². The molecule has 0 unspecified atom stereocenters. The summed E-state index contributed by atoms with van der Waals surface area (Å²) >= 11 is 0. The normalized spacial score (nSPS) is 15.1. The van der Waals surface area contributed by atoms with Crippen molar-refractivity contribution in [3.05, 3.63) is 36.0 Å². The Hall–Kier alpha value is -1.75. The van der Waals surface area contributed by atoms with E-state index in [9.17, 15) is 0 Å². The van der Waals surface area contributed by atoms with Gasteiger partial charge >= 0.3 is 0 Å². The molecule has 2 aromatic rings. The molecule has 0 aromatic carbocycles. The first-order chi connectivity index (χ1) is 8.36. The van der Waals surface area contributed by atoms with Gasteiger partial charge in [-0.15, -0.1) is 0 Å². The predicted octanol–water partition coefficient (Wildman–Crippen LogP) is 1.26. The van der Waals surface area contributed by atoms with E-state index < -0.39 is 0 Å². The molecular formula is C12H15N5. The lowest BCUT2D eigenvalue weighted by atomic mass is 10.3. The number of rotatable bonds is 4. The largest absolute Gasteiger partial charge is 0.314 e. The zero-order valence-corrected chi connectivity index (χ0v) is 9.80. The summed E-state index contributed by atoms with van der Waals surface area (Å²) in [6.45, 7) is 0.720. The third-order valence-electron chi connectivity index (χ3n) is 2.87. The summed E-state index contributed by atoms with van der Waals surface area (Å²) in [6, 6.07) is 2.07. The van der Waals surface area contributed by atoms with Crippen molar-refractivity contribution in [3.63, 3.8) is 0 Å². The summed E-state index contributed by atoms with van der Waals surface area (Å²) in [5, 5.41) is 7.60. The van der Waals surface area contributed by atoms with Gasteiger partial charge in [-0.25, -0.2) is 9.67 Å². The highest BCUT2D eigenvalue weighted by molar-refractivity contribution is 5.22. The molecule has 0 aliphatic heterocycles. The van der Waals surface area contributed by atoms with E-state index in [0.29, 0.717) is 5.92 Å². The summed E-state index contributed by atoms with van der Waals surface area (Å²) < 4.78 is 1.81. The van der Waals surface area contributed by atoms with Crippen molar-refractivity contribution in [2.45, 2.75) is 25.3 Å². The van der Waals surface area contributed by atoms with Crippen molar-refractivity contribution in [3.8, 4) is 5.82 Å². The number of hydrogen-bond donors (Lipinski definition) is 1. The third-order valence-corrected chi connectivity index (χ3v) is 2.87. The van der Waals surface area contributed by atoms with Crippen LogP contribution >= 0.6 is 0 Å². The first-order valence-corrected chi connectivity index (χ1v) is 5.88. The number of hydrogen-bond acceptors (Lipinski definition) is 4. The van der Waals surface area contributed by atoms with Crippen molar-refractivity contribution in [2.75, 3.05) is 7.05 Å². The highest BCUT2D eigenvalue weighted by Gasteiger charge is 2.25. The monoisotopic (exact) mass is 229 g/mol. The second kappa shape index (κ2) is 4.25. The van der Waals surface area contributed by atoms with E-state index in [1.54, 1.807) is 17.1 Å². The van der Waals surface area contributed by atoms with Crippen molar-refractivity contribution < 1.29 is 0 Å². The molecule has 0 saturated heterocycles. The van der Waals surface area contributed by atoms with Crippen LogP contribution in [-0.4, -0.2) is 26.8 Å². The maximum Gasteiger partial charge on any atom is 0.172 e. The average Bonchev–Trinajstić information content (AvgIpc) is 3.08. The Labute approximate surface area is 99.9 Å². The molecule has 0 amide bonds. The minimum Gasteiger partial charge on any atom is -0.314 e. The van der Waals surface area contributed by atoms with E-state index in [-0.39, 0.29) is 0 Å². The zero-order chi connectivity index (χ0) is 11.7. The Bertz CT molecular complexity index is 515. The van der Waals surface area contributed by atoms with Crippen LogP contribution in [-0.2, 0) is 6.54 Å². The third kappa shape index (κ3) is 2.19. The second-order valence-electron chi connectivity index (χ2n) is 4.36. The molecule has 1 saturated carbocycles. The maximum absolute atomic E-state index is 4.54. The summed E-state index contributed by atoms with van der Waals surface area (Å²) in [5.41, 5.74) is 2.10. The molecule has 0 bridgehead atoms. The molecule has 17 heavy (non-hydrogen) atoms. The smallest absolute Gasteiger partial charge is 0.172 e. The maximum atomic E-state index is 4.54. The molecule has 1 aliphatic carbocycles. The molecule has 2 heterocycles. The van der Waals surface area contributed by atoms with Crippen LogP contribution in [0, 0.1) is 0 Å². The van der Waals surface area contributed by atoms with Gasteiger partial charge in [-0.3, -0.25) is 4.98 Å². The van der Waals surface area contributed by atoms with Gasteiger partial charge in [0.2, 0.25) is 0 Å². The minimum atomic E-state index is 0.671. The average molecular weight is 229 g/mol. The van der Waals surface area contributed by atoms with Crippen molar-refractivity contribution >= 4 is 0 Å². The molecule has 88 valence electrons. The van der Waals surface area contributed by atoms with Crippen molar-refractivity contribution in [2.24, 2.45) is 0 Å². The molecule has 3 rings (SSSR count). The standard InChI is InChI=1S/C12H15N5/c1-13-6-10-7-14-8-12(15-10)17-5-4-11(16-17)9-2-3-9/h4-5,7-9,13H,2-3,6H2,1H3. The Morgan fingerprint density at radius 1 is 1.41 bits per heavy atom. The van der Waals surface area contributed by atoms with E-state index in [2.05, 4.69) is 26.4 Å². The number of aromatic nitrogens is 4. The Morgan fingerprint density at radius 2 is 2.29 bits per heavy atom. The van der Waals surface area contributed by atoms with E-state index in [4.69, 9.17) is 0 Å². The van der Waals surface area contributed by atoms with E-state index in [1.165, 1.54) is 18.5 Å². The topological polar surface area (TPSA) is 55.6 Å². The molecule has 2 aromatic heterocycles. The van der Waals surface area contributed by atoms with Gasteiger partial charge in [-0.05, 0) is 26.0 Å². The van der Waals surface area contributed by atoms with Crippen LogP contribution in [0.4, 0.5) is 0 Å². The van der Waals surface area contributed by atoms with Gasteiger partial charge in [0, 0.05) is 24.9 Å². The lowest BCUT2D eigenvalue weighted by molar-refractivity contribution is 0.753.